The zero-order chi connectivity index (χ0) is 15.6. The van der Waals surface area contributed by atoms with Crippen molar-refractivity contribution < 1.29 is 14.6 Å². The molecule has 21 heavy (non-hydrogen) atoms. The molecular formula is C17H19NO3. The predicted molar refractivity (Wildman–Crippen MR) is 83.0 cm³/mol. The van der Waals surface area contributed by atoms with Crippen LogP contribution in [0.25, 0.3) is 0 Å². The van der Waals surface area contributed by atoms with Crippen LogP contribution in [0.2, 0.25) is 0 Å². The number of nitrogen functional groups attached to an aromatic ring is 1. The SMILES string of the molecule is CC(C)(C)c1cccc(Oc2ccc(N)c(C(=O)O)c2)c1. The van der Waals surface area contributed by atoms with Gasteiger partial charge in [-0.25, -0.2) is 4.79 Å². The Morgan fingerprint density at radius 2 is 1.76 bits per heavy atom. The van der Waals surface area contributed by atoms with Crippen molar-refractivity contribution in [1.82, 2.24) is 0 Å². The summed E-state index contributed by atoms with van der Waals surface area (Å²) in [7, 11) is 0. The average molecular weight is 285 g/mol. The minimum Gasteiger partial charge on any atom is -0.478 e. The van der Waals surface area contributed by atoms with Crippen molar-refractivity contribution in [1.29, 1.82) is 0 Å². The van der Waals surface area contributed by atoms with Crippen molar-refractivity contribution in [2.24, 2.45) is 0 Å². The Hall–Kier alpha value is -2.49. The summed E-state index contributed by atoms with van der Waals surface area (Å²) in [6.45, 7) is 6.37. The molecule has 0 aromatic heterocycles. The molecule has 0 aliphatic heterocycles. The molecule has 3 N–H and O–H groups in total. The Kier molecular flexibility index (Phi) is 3.89. The van der Waals surface area contributed by atoms with E-state index in [1.165, 1.54) is 12.1 Å². The second-order valence-electron chi connectivity index (χ2n) is 5.93. The van der Waals surface area contributed by atoms with Crippen LogP contribution in [0.4, 0.5) is 5.69 Å². The number of aromatic carboxylic acids is 1. The number of ether oxygens (including phenoxy) is 1. The van der Waals surface area contributed by atoms with E-state index >= 15 is 0 Å². The first-order valence-corrected chi connectivity index (χ1v) is 6.68. The molecule has 4 heteroatoms. The third-order valence-corrected chi connectivity index (χ3v) is 3.19. The average Bonchev–Trinajstić information content (AvgIpc) is 2.40. The quantitative estimate of drug-likeness (QED) is 0.834. The van der Waals surface area contributed by atoms with Gasteiger partial charge >= 0.3 is 5.97 Å². The van der Waals surface area contributed by atoms with Crippen LogP contribution in [0.15, 0.2) is 42.5 Å². The molecule has 0 unspecified atom stereocenters. The van der Waals surface area contributed by atoms with Crippen LogP contribution in [-0.2, 0) is 5.41 Å². The third kappa shape index (κ3) is 3.54. The largest absolute Gasteiger partial charge is 0.478 e. The van der Waals surface area contributed by atoms with Crippen LogP contribution in [0.3, 0.4) is 0 Å². The Balaban J connectivity index is 2.31. The number of nitrogens with two attached hydrogens (primary N) is 1. The Morgan fingerprint density at radius 3 is 2.38 bits per heavy atom. The molecule has 2 rings (SSSR count). The number of carbonyl (C=O) groups is 1. The van der Waals surface area contributed by atoms with Crippen molar-refractivity contribution in [2.45, 2.75) is 26.2 Å². The van der Waals surface area contributed by atoms with E-state index < -0.39 is 5.97 Å². The number of rotatable bonds is 3. The molecule has 2 aromatic rings. The Morgan fingerprint density at radius 1 is 1.10 bits per heavy atom. The minimum atomic E-state index is -1.07. The van der Waals surface area contributed by atoms with Crippen LogP contribution in [0.5, 0.6) is 11.5 Å². The van der Waals surface area contributed by atoms with E-state index in [-0.39, 0.29) is 16.7 Å². The van der Waals surface area contributed by atoms with E-state index in [4.69, 9.17) is 15.6 Å². The van der Waals surface area contributed by atoms with Gasteiger partial charge in [0.15, 0.2) is 0 Å². The Labute approximate surface area is 124 Å². The van der Waals surface area contributed by atoms with Crippen molar-refractivity contribution in [2.75, 3.05) is 5.73 Å². The van der Waals surface area contributed by atoms with E-state index in [0.717, 1.165) is 5.56 Å². The highest BCUT2D eigenvalue weighted by Gasteiger charge is 2.14. The van der Waals surface area contributed by atoms with Gasteiger partial charge in [-0.2, -0.15) is 0 Å². The van der Waals surface area contributed by atoms with Crippen LogP contribution < -0.4 is 10.5 Å². The molecule has 0 heterocycles. The Bertz CT molecular complexity index is 672. The molecule has 0 aliphatic rings. The summed E-state index contributed by atoms with van der Waals surface area (Å²) in [5.41, 5.74) is 7.06. The topological polar surface area (TPSA) is 72.5 Å². The van der Waals surface area contributed by atoms with Crippen LogP contribution >= 0.6 is 0 Å². The van der Waals surface area contributed by atoms with Gasteiger partial charge < -0.3 is 15.6 Å². The van der Waals surface area contributed by atoms with Gasteiger partial charge in [0.1, 0.15) is 11.5 Å². The number of benzene rings is 2. The summed E-state index contributed by atoms with van der Waals surface area (Å²) >= 11 is 0. The molecule has 0 atom stereocenters. The maximum atomic E-state index is 11.1. The smallest absolute Gasteiger partial charge is 0.337 e. The zero-order valence-electron chi connectivity index (χ0n) is 12.4. The molecule has 0 saturated heterocycles. The van der Waals surface area contributed by atoms with Gasteiger partial charge in [0.05, 0.1) is 5.56 Å². The van der Waals surface area contributed by atoms with Crippen molar-refractivity contribution in [3.63, 3.8) is 0 Å². The second kappa shape index (κ2) is 5.48. The summed E-state index contributed by atoms with van der Waals surface area (Å²) in [5.74, 6) is 0.0533. The first-order valence-electron chi connectivity index (χ1n) is 6.68. The van der Waals surface area contributed by atoms with E-state index in [9.17, 15) is 4.79 Å². The van der Waals surface area contributed by atoms with Crippen molar-refractivity contribution in [3.05, 3.63) is 53.6 Å². The number of anilines is 1. The lowest BCUT2D eigenvalue weighted by Gasteiger charge is -2.19. The van der Waals surface area contributed by atoms with Crippen LogP contribution in [0, 0.1) is 0 Å². The van der Waals surface area contributed by atoms with Crippen molar-refractivity contribution >= 4 is 11.7 Å². The molecule has 0 spiro atoms. The van der Waals surface area contributed by atoms with Crippen LogP contribution in [-0.4, -0.2) is 11.1 Å². The summed E-state index contributed by atoms with van der Waals surface area (Å²) in [6.07, 6.45) is 0. The number of carboxylic acid groups (broad SMARTS) is 1. The van der Waals surface area contributed by atoms with E-state index in [0.29, 0.717) is 11.5 Å². The highest BCUT2D eigenvalue weighted by molar-refractivity contribution is 5.94. The minimum absolute atomic E-state index is 0.0205. The van der Waals surface area contributed by atoms with Gasteiger partial charge in [0.2, 0.25) is 0 Å². The van der Waals surface area contributed by atoms with E-state index in [2.05, 4.69) is 20.8 Å². The number of hydrogen-bond donors (Lipinski definition) is 2. The highest BCUT2D eigenvalue weighted by Crippen LogP contribution is 2.29. The summed E-state index contributed by atoms with van der Waals surface area (Å²) in [6, 6.07) is 12.4. The lowest BCUT2D eigenvalue weighted by Crippen LogP contribution is -2.10. The molecule has 2 aromatic carbocycles. The summed E-state index contributed by atoms with van der Waals surface area (Å²) in [4.78, 5) is 11.1. The monoisotopic (exact) mass is 285 g/mol. The number of carboxylic acids is 1. The molecule has 0 amide bonds. The molecular weight excluding hydrogens is 266 g/mol. The molecule has 110 valence electrons. The fraction of sp³-hybridized carbons (Fsp3) is 0.235. The first kappa shape index (κ1) is 14.9. The molecule has 4 nitrogen and oxygen atoms in total. The number of hydrogen-bond acceptors (Lipinski definition) is 3. The van der Waals surface area contributed by atoms with Gasteiger partial charge in [0.25, 0.3) is 0 Å². The molecule has 0 aliphatic carbocycles. The van der Waals surface area contributed by atoms with Gasteiger partial charge in [-0.1, -0.05) is 32.9 Å². The van der Waals surface area contributed by atoms with Crippen molar-refractivity contribution in [3.8, 4) is 11.5 Å². The van der Waals surface area contributed by atoms with Gasteiger partial charge in [0, 0.05) is 5.69 Å². The third-order valence-electron chi connectivity index (χ3n) is 3.19. The zero-order valence-corrected chi connectivity index (χ0v) is 12.4. The molecule has 0 saturated carbocycles. The first-order chi connectivity index (χ1) is 9.77. The maximum absolute atomic E-state index is 11.1. The fourth-order valence-electron chi connectivity index (χ4n) is 1.95. The van der Waals surface area contributed by atoms with Crippen LogP contribution in [0.1, 0.15) is 36.7 Å². The van der Waals surface area contributed by atoms with E-state index in [1.807, 2.05) is 24.3 Å². The van der Waals surface area contributed by atoms with Gasteiger partial charge in [-0.05, 0) is 41.3 Å². The van der Waals surface area contributed by atoms with Gasteiger partial charge in [-0.3, -0.25) is 0 Å². The molecule has 0 bridgehead atoms. The lowest BCUT2D eigenvalue weighted by molar-refractivity contribution is 0.0697. The maximum Gasteiger partial charge on any atom is 0.337 e. The summed E-state index contributed by atoms with van der Waals surface area (Å²) in [5, 5.41) is 9.07. The molecule has 0 fully saturated rings. The normalized spacial score (nSPS) is 11.2. The predicted octanol–water partition coefficient (Wildman–Crippen LogP) is 4.06. The summed E-state index contributed by atoms with van der Waals surface area (Å²) < 4.78 is 5.74. The van der Waals surface area contributed by atoms with Gasteiger partial charge in [-0.15, -0.1) is 0 Å². The fourth-order valence-corrected chi connectivity index (χ4v) is 1.95. The second-order valence-corrected chi connectivity index (χ2v) is 5.93. The highest BCUT2D eigenvalue weighted by atomic mass is 16.5. The standard InChI is InChI=1S/C17H19NO3/c1-17(2,3)11-5-4-6-12(9-11)21-13-7-8-15(18)14(10-13)16(19)20/h4-10H,18H2,1-3H3,(H,19,20). The molecule has 0 radical (unpaired) electrons. The lowest BCUT2D eigenvalue weighted by atomic mass is 9.87. The van der Waals surface area contributed by atoms with E-state index in [1.54, 1.807) is 6.07 Å².